The van der Waals surface area contributed by atoms with Crippen molar-refractivity contribution in [1.82, 2.24) is 99.5 Å². The predicted molar refractivity (Wildman–Crippen MR) is 487 cm³/mol. The summed E-state index contributed by atoms with van der Waals surface area (Å²) in [5, 5.41) is 57.7. The van der Waals surface area contributed by atoms with E-state index in [1.807, 2.05) is 248 Å². The number of rotatable bonds is 16. The quantitative estimate of drug-likeness (QED) is 0.0815. The lowest BCUT2D eigenvalue weighted by Crippen LogP contribution is -2.59. The van der Waals surface area contributed by atoms with Gasteiger partial charge in [0.25, 0.3) is 5.92 Å². The van der Waals surface area contributed by atoms with Crippen molar-refractivity contribution < 1.29 is 36.7 Å². The van der Waals surface area contributed by atoms with Gasteiger partial charge in [0.05, 0.1) is 67.8 Å². The molecule has 24 nitrogen and oxygen atoms in total. The fraction of sp³-hybridized carbons (Fsp3) is 0.234. The number of nitrogens with zero attached hydrogens (tertiary/aromatic N) is 20. The minimum absolute atomic E-state index is 0. The molecule has 4 saturated heterocycles. The molecule has 8 aromatic heterocycles. The third kappa shape index (κ3) is 19.0. The summed E-state index contributed by atoms with van der Waals surface area (Å²) in [7, 11) is 0. The van der Waals surface area contributed by atoms with E-state index in [0.29, 0.717) is 136 Å². The number of likely N-dealkylation sites (tertiary alicyclic amines) is 4. The molecule has 0 unspecified atom stereocenters. The Morgan fingerprint density at radius 1 is 0.294 bits per heavy atom. The van der Waals surface area contributed by atoms with Crippen molar-refractivity contribution >= 4 is 114 Å². The number of aromatic nitrogens is 16. The minimum atomic E-state index is -2.83. The van der Waals surface area contributed by atoms with Gasteiger partial charge in [0.15, 0.2) is 22.6 Å². The van der Waals surface area contributed by atoms with Gasteiger partial charge in [0.1, 0.15) is 84.1 Å². The molecule has 8 aromatic carbocycles. The summed E-state index contributed by atoms with van der Waals surface area (Å²) in [4.78, 5) is 56.5. The zero-order chi connectivity index (χ0) is 84.1. The minimum Gasteiger partial charge on any atom is -0.341 e. The van der Waals surface area contributed by atoms with Crippen LogP contribution in [0.2, 0.25) is 20.1 Å². The molecule has 0 spiro atoms. The average molecular weight is 1780 g/mol. The topological polar surface area (TPSA) is 256 Å². The summed E-state index contributed by atoms with van der Waals surface area (Å²) in [5.41, 5.74) is 13.2. The second-order valence-electron chi connectivity index (χ2n) is 29.5. The van der Waals surface area contributed by atoms with Gasteiger partial charge in [-0.2, -0.15) is 20.4 Å². The van der Waals surface area contributed by atoms with Crippen LogP contribution in [0.1, 0.15) is 49.0 Å². The van der Waals surface area contributed by atoms with Gasteiger partial charge in [-0.25, -0.2) is 36.3 Å². The molecule has 0 N–H and O–H groups in total. The average Bonchev–Trinajstić information content (AvgIpc) is 1.60. The smallest absolute Gasteiger partial charge is 0.282 e. The standard InChI is InChI=1S/2C23H19ClFN5O.C22H16ClF2N5O.C22H18ClN5O.4CH4/c2*24-20-19-21(15-7-3-1-4-8-15)28-30(14-18(31)29-12-11-17(25)13-29)23(19)27-26-22(20)16-9-5-2-6-10-16;23-18-17-19(14-7-3-1-4-8-14)28-30(11-16(31)29-12-22(24,25)13-29)21(17)27-26-20(18)15-9-5-2-6-10-15;23-19-18-20(15-8-3-1-4-9-15)26-28(14-17(29)27-12-7-13-27)22(18)25-24-21(19)16-10-5-2-6-11-16;;;;/h2*1-10,17H,11-14H2;1-10H,11-13H2;1-6,8-11H,7,12-14H2;4*1H4/t2*17-;;;;;;/m10....../s1. The maximum Gasteiger partial charge on any atom is 0.282 e. The van der Waals surface area contributed by atoms with Crippen LogP contribution in [0.25, 0.3) is 134 Å². The molecule has 20 rings (SSSR count). The molecule has 32 heteroatoms. The first-order valence-electron chi connectivity index (χ1n) is 39.3. The van der Waals surface area contributed by atoms with Crippen molar-refractivity contribution in [2.24, 2.45) is 0 Å². The Labute approximate surface area is 744 Å². The predicted octanol–water partition coefficient (Wildman–Crippen LogP) is 19.6. The fourth-order valence-corrected chi connectivity index (χ4v) is 16.2. The third-order valence-corrected chi connectivity index (χ3v) is 22.8. The van der Waals surface area contributed by atoms with Gasteiger partial charge in [0, 0.05) is 70.7 Å². The maximum absolute atomic E-state index is 13.6. The van der Waals surface area contributed by atoms with Crippen LogP contribution in [0.4, 0.5) is 17.6 Å². The SMILES string of the molecule is C.C.C.C.O=C(Cn1nc(-c2ccccc2)c2c(Cl)c(-c3ccccc3)nnc21)N1CC(F)(F)C1.O=C(Cn1nc(-c2ccccc2)c2c(Cl)c(-c3ccccc3)nnc21)N1CCC1.O=C(Cn1nc(-c2ccccc2)c2c(Cl)c(-c3ccccc3)nnc21)N1CC[C@@H](F)C1.O=C(Cn1nc(-c2ccccc2)c2c(Cl)c(-c3ccccc3)nnc21)N1CC[C@H](F)C1. The first kappa shape index (κ1) is 90.4. The Bertz CT molecular complexity index is 6320. The van der Waals surface area contributed by atoms with E-state index in [1.165, 1.54) is 23.8 Å². The summed E-state index contributed by atoms with van der Waals surface area (Å²) >= 11 is 27.3. The monoisotopic (exact) mass is 1780 g/mol. The Morgan fingerprint density at radius 3 is 0.690 bits per heavy atom. The summed E-state index contributed by atoms with van der Waals surface area (Å²) in [6.45, 7) is 1.29. The third-order valence-electron chi connectivity index (χ3n) is 21.3. The van der Waals surface area contributed by atoms with Crippen molar-refractivity contribution in [2.45, 2.75) is 93.4 Å². The number of carbonyl (C=O) groups is 4. The highest BCUT2D eigenvalue weighted by Gasteiger charge is 2.46. The number of benzene rings is 8. The highest BCUT2D eigenvalue weighted by atomic mass is 35.5. The molecule has 12 heterocycles. The fourth-order valence-electron chi connectivity index (χ4n) is 14.9. The van der Waals surface area contributed by atoms with Crippen molar-refractivity contribution in [3.63, 3.8) is 0 Å². The van der Waals surface area contributed by atoms with Gasteiger partial charge in [-0.1, -0.05) is 319 Å². The highest BCUT2D eigenvalue weighted by Crippen LogP contribution is 2.43. The first-order valence-corrected chi connectivity index (χ1v) is 40.8. The van der Waals surface area contributed by atoms with Crippen LogP contribution in [0.15, 0.2) is 243 Å². The molecule has 4 amide bonds. The number of carbonyl (C=O) groups excluding carboxylic acids is 4. The number of amides is 4. The summed E-state index contributed by atoms with van der Waals surface area (Å²) in [6, 6.07) is 76.6. The number of hydrogen-bond donors (Lipinski definition) is 0. The van der Waals surface area contributed by atoms with Crippen LogP contribution >= 0.6 is 46.4 Å². The van der Waals surface area contributed by atoms with E-state index in [1.54, 1.807) is 4.68 Å². The normalized spacial score (nSPS) is 14.8. The Kier molecular flexibility index (Phi) is 28.5. The van der Waals surface area contributed by atoms with Gasteiger partial charge < -0.3 is 19.6 Å². The van der Waals surface area contributed by atoms with Gasteiger partial charge in [0.2, 0.25) is 23.6 Å². The zero-order valence-electron chi connectivity index (χ0n) is 65.0. The first-order chi connectivity index (χ1) is 59.4. The number of fused-ring (bicyclic) bond motifs is 4. The van der Waals surface area contributed by atoms with Crippen LogP contribution in [-0.2, 0) is 45.4 Å². The van der Waals surface area contributed by atoms with Gasteiger partial charge in [-0.05, 0) is 19.3 Å². The maximum atomic E-state index is 13.6. The lowest BCUT2D eigenvalue weighted by atomic mass is 10.1. The van der Waals surface area contributed by atoms with Gasteiger partial charge in [-0.15, -0.1) is 40.8 Å². The van der Waals surface area contributed by atoms with Crippen LogP contribution in [0.3, 0.4) is 0 Å². The molecule has 4 fully saturated rings. The number of alkyl halides is 4. The van der Waals surface area contributed by atoms with Crippen LogP contribution in [-0.4, -0.2) is 194 Å². The molecule has 16 aromatic rings. The van der Waals surface area contributed by atoms with Crippen LogP contribution in [0.5, 0.6) is 0 Å². The zero-order valence-corrected chi connectivity index (χ0v) is 68.0. The molecular formula is C94H88Cl4F4N20O4. The van der Waals surface area contributed by atoms with E-state index < -0.39 is 37.3 Å². The second-order valence-corrected chi connectivity index (χ2v) is 31.0. The summed E-state index contributed by atoms with van der Waals surface area (Å²) < 4.78 is 59.5. The van der Waals surface area contributed by atoms with E-state index in [-0.39, 0.29) is 86.7 Å². The molecule has 0 radical (unpaired) electrons. The Balaban J connectivity index is 0.000000142. The lowest BCUT2D eigenvalue weighted by molar-refractivity contribution is -0.166. The molecule has 0 aliphatic carbocycles. The van der Waals surface area contributed by atoms with Gasteiger partial charge in [-0.3, -0.25) is 19.2 Å². The molecule has 0 saturated carbocycles. The highest BCUT2D eigenvalue weighted by molar-refractivity contribution is 6.40. The van der Waals surface area contributed by atoms with E-state index >= 15 is 0 Å². The van der Waals surface area contributed by atoms with E-state index in [9.17, 15) is 36.7 Å². The molecule has 4 aliphatic heterocycles. The summed E-state index contributed by atoms with van der Waals surface area (Å²) in [5.74, 6) is -3.65. The molecule has 644 valence electrons. The van der Waals surface area contributed by atoms with Gasteiger partial charge >= 0.3 is 0 Å². The largest absolute Gasteiger partial charge is 0.341 e. The summed E-state index contributed by atoms with van der Waals surface area (Å²) in [6.07, 6.45) is -0.158. The Morgan fingerprint density at radius 2 is 0.500 bits per heavy atom. The van der Waals surface area contributed by atoms with E-state index in [2.05, 4.69) is 56.1 Å². The van der Waals surface area contributed by atoms with Crippen molar-refractivity contribution in [1.29, 1.82) is 0 Å². The van der Waals surface area contributed by atoms with E-state index in [0.717, 1.165) is 68.9 Å². The molecule has 2 atom stereocenters. The van der Waals surface area contributed by atoms with Crippen molar-refractivity contribution in [2.75, 3.05) is 52.4 Å². The molecular weight excluding hydrogens is 1690 g/mol. The van der Waals surface area contributed by atoms with Crippen LogP contribution < -0.4 is 0 Å². The number of halogens is 8. The Hall–Kier alpha value is -13.3. The second kappa shape index (κ2) is 39.7. The molecule has 126 heavy (non-hydrogen) atoms. The van der Waals surface area contributed by atoms with E-state index in [4.69, 9.17) is 51.5 Å². The van der Waals surface area contributed by atoms with Crippen molar-refractivity contribution in [3.8, 4) is 90.1 Å². The lowest BCUT2D eigenvalue weighted by Gasteiger charge is -2.38. The molecule has 4 aliphatic rings. The van der Waals surface area contributed by atoms with Crippen LogP contribution in [0, 0.1) is 0 Å². The number of hydrogen-bond acceptors (Lipinski definition) is 16. The van der Waals surface area contributed by atoms with Crippen molar-refractivity contribution in [3.05, 3.63) is 263 Å². The molecule has 0 bridgehead atoms.